The first kappa shape index (κ1) is 18.5. The Kier molecular flexibility index (Phi) is 8.25. The molecule has 0 bridgehead atoms. The summed E-state index contributed by atoms with van der Waals surface area (Å²) < 4.78 is 10.9. The van der Waals surface area contributed by atoms with Crippen molar-refractivity contribution in [3.63, 3.8) is 0 Å². The van der Waals surface area contributed by atoms with Gasteiger partial charge in [0, 0.05) is 17.7 Å². The number of rotatable bonds is 6. The predicted molar refractivity (Wildman–Crippen MR) is 96.4 cm³/mol. The van der Waals surface area contributed by atoms with Crippen molar-refractivity contribution in [2.45, 2.75) is 20.1 Å². The van der Waals surface area contributed by atoms with Crippen LogP contribution in [0, 0.1) is 0 Å². The Hall–Kier alpha value is -2.52. The van der Waals surface area contributed by atoms with Crippen molar-refractivity contribution in [1.29, 1.82) is 0 Å². The maximum atomic E-state index is 9.04. The molecular weight excluding hydrogens is 288 g/mol. The van der Waals surface area contributed by atoms with Crippen LogP contribution in [0.5, 0.6) is 11.5 Å². The van der Waals surface area contributed by atoms with Crippen LogP contribution in [0.1, 0.15) is 25.0 Å². The van der Waals surface area contributed by atoms with Crippen molar-refractivity contribution in [2.75, 3.05) is 6.61 Å². The number of aromatic hydroxyl groups is 1. The Labute approximate surface area is 138 Å². The van der Waals surface area contributed by atoms with E-state index in [9.17, 15) is 0 Å². The second kappa shape index (κ2) is 10.2. The molecule has 0 aliphatic rings. The molecule has 1 N–H and O–H groups in total. The number of phenols is 1. The fraction of sp³-hybridized carbons (Fsp3) is 0.200. The van der Waals surface area contributed by atoms with E-state index in [0.29, 0.717) is 6.61 Å². The smallest absolute Gasteiger partial charge is 0.196 e. The molecule has 0 fully saturated rings. The molecule has 2 aromatic rings. The number of benzene rings is 2. The third-order valence-corrected chi connectivity index (χ3v) is 2.99. The molecule has 2 rings (SSSR count). The normalized spacial score (nSPS) is 10.9. The van der Waals surface area contributed by atoms with Crippen molar-refractivity contribution in [3.8, 4) is 11.5 Å². The molecule has 0 saturated heterocycles. The zero-order valence-electron chi connectivity index (χ0n) is 13.7. The van der Waals surface area contributed by atoms with E-state index in [4.69, 9.17) is 14.6 Å². The van der Waals surface area contributed by atoms with Gasteiger partial charge in [-0.15, -0.1) is 0 Å². The quantitative estimate of drug-likeness (QED) is 0.752. The third-order valence-electron chi connectivity index (χ3n) is 2.99. The second-order valence-corrected chi connectivity index (χ2v) is 4.65. The zero-order chi connectivity index (χ0) is 17.1. The molecule has 0 amide bonds. The molecule has 1 atom stereocenters. The monoisotopic (exact) mass is 312 g/mol. The first-order valence-electron chi connectivity index (χ1n) is 7.52. The molecule has 0 aliphatic heterocycles. The highest BCUT2D eigenvalue weighted by Crippen LogP contribution is 2.20. The van der Waals surface area contributed by atoms with Gasteiger partial charge in [0.05, 0.1) is 0 Å². The molecule has 0 spiro atoms. The van der Waals surface area contributed by atoms with Gasteiger partial charge in [0.15, 0.2) is 6.29 Å². The molecule has 3 nitrogen and oxygen atoms in total. The number of hydrogen-bond donors (Lipinski definition) is 1. The first-order valence-corrected chi connectivity index (χ1v) is 7.52. The summed E-state index contributed by atoms with van der Waals surface area (Å²) in [6.45, 7) is 11.7. The summed E-state index contributed by atoms with van der Waals surface area (Å²) in [5.41, 5.74) is 1.76. The number of ether oxygens (including phenoxy) is 2. The van der Waals surface area contributed by atoms with Gasteiger partial charge in [-0.3, -0.25) is 0 Å². The fourth-order valence-corrected chi connectivity index (χ4v) is 1.86. The van der Waals surface area contributed by atoms with Gasteiger partial charge in [-0.25, -0.2) is 0 Å². The minimum absolute atomic E-state index is 0.221. The lowest BCUT2D eigenvalue weighted by molar-refractivity contribution is -0.0614. The van der Waals surface area contributed by atoms with Crippen molar-refractivity contribution in [1.82, 2.24) is 0 Å². The average molecular weight is 312 g/mol. The molecule has 0 heterocycles. The van der Waals surface area contributed by atoms with E-state index in [1.807, 2.05) is 50.2 Å². The molecule has 2 aromatic carbocycles. The van der Waals surface area contributed by atoms with Crippen LogP contribution in [0.15, 0.2) is 61.7 Å². The largest absolute Gasteiger partial charge is 0.507 e. The molecule has 122 valence electrons. The van der Waals surface area contributed by atoms with Crippen molar-refractivity contribution in [3.05, 3.63) is 72.8 Å². The van der Waals surface area contributed by atoms with Crippen molar-refractivity contribution >= 4 is 12.2 Å². The summed E-state index contributed by atoms with van der Waals surface area (Å²) in [5, 5.41) is 9.04. The number of para-hydroxylation sites is 2. The molecule has 1 unspecified atom stereocenters. The highest BCUT2D eigenvalue weighted by Gasteiger charge is 2.04. The lowest BCUT2D eigenvalue weighted by Crippen LogP contribution is -2.16. The molecule has 0 aliphatic carbocycles. The lowest BCUT2D eigenvalue weighted by atomic mass is 10.2. The fourth-order valence-electron chi connectivity index (χ4n) is 1.86. The lowest BCUT2D eigenvalue weighted by Gasteiger charge is -2.15. The van der Waals surface area contributed by atoms with E-state index in [1.54, 1.807) is 24.3 Å². The molecule has 0 saturated carbocycles. The molecule has 3 heteroatoms. The Morgan fingerprint density at radius 3 is 2.09 bits per heavy atom. The summed E-state index contributed by atoms with van der Waals surface area (Å²) >= 11 is 0. The highest BCUT2D eigenvalue weighted by molar-refractivity contribution is 5.55. The topological polar surface area (TPSA) is 38.7 Å². The molecular formula is C20H24O3. The Balaban J connectivity index is 0.000000253. The Bertz CT molecular complexity index is 620. The van der Waals surface area contributed by atoms with Crippen LogP contribution >= 0.6 is 0 Å². The Morgan fingerprint density at radius 2 is 1.57 bits per heavy atom. The van der Waals surface area contributed by atoms with Gasteiger partial charge in [0.25, 0.3) is 0 Å². The molecule has 23 heavy (non-hydrogen) atoms. The summed E-state index contributed by atoms with van der Waals surface area (Å²) in [6.07, 6.45) is 3.17. The van der Waals surface area contributed by atoms with E-state index in [1.165, 1.54) is 0 Å². The summed E-state index contributed by atoms with van der Waals surface area (Å²) in [5.74, 6) is 1.09. The average Bonchev–Trinajstić information content (AvgIpc) is 2.56. The van der Waals surface area contributed by atoms with E-state index in [0.717, 1.165) is 16.9 Å². The van der Waals surface area contributed by atoms with Gasteiger partial charge in [-0.1, -0.05) is 61.7 Å². The van der Waals surface area contributed by atoms with Gasteiger partial charge in [-0.05, 0) is 26.0 Å². The van der Waals surface area contributed by atoms with E-state index >= 15 is 0 Å². The minimum atomic E-state index is -0.221. The van der Waals surface area contributed by atoms with Gasteiger partial charge >= 0.3 is 0 Å². The minimum Gasteiger partial charge on any atom is -0.507 e. The van der Waals surface area contributed by atoms with Crippen LogP contribution in [0.2, 0.25) is 0 Å². The van der Waals surface area contributed by atoms with Crippen LogP contribution in [-0.4, -0.2) is 18.0 Å². The van der Waals surface area contributed by atoms with Gasteiger partial charge in [-0.2, -0.15) is 0 Å². The van der Waals surface area contributed by atoms with Crippen molar-refractivity contribution < 1.29 is 14.6 Å². The maximum absolute atomic E-state index is 9.04. The van der Waals surface area contributed by atoms with Gasteiger partial charge in [0.2, 0.25) is 0 Å². The highest BCUT2D eigenvalue weighted by atomic mass is 16.7. The molecule has 0 radical (unpaired) electrons. The summed E-state index contributed by atoms with van der Waals surface area (Å²) in [4.78, 5) is 0. The van der Waals surface area contributed by atoms with Gasteiger partial charge in [0.1, 0.15) is 11.5 Å². The number of hydrogen-bond acceptors (Lipinski definition) is 3. The third kappa shape index (κ3) is 6.41. The maximum Gasteiger partial charge on any atom is 0.196 e. The van der Waals surface area contributed by atoms with Crippen LogP contribution in [0.3, 0.4) is 0 Å². The predicted octanol–water partition coefficient (Wildman–Crippen LogP) is 5.13. The van der Waals surface area contributed by atoms with Crippen LogP contribution in [0.4, 0.5) is 0 Å². The second-order valence-electron chi connectivity index (χ2n) is 4.65. The zero-order valence-corrected chi connectivity index (χ0v) is 13.7. The van der Waals surface area contributed by atoms with Crippen molar-refractivity contribution in [2.24, 2.45) is 0 Å². The standard InChI is InChI=1S/C12H16O2.C8H8O/c1-4-11-8-6-7-9-12(11)14-10(3)13-5-2;1-2-7-5-3-4-6-8(7)9/h4,6-10H,1,5H2,2-3H3;2-6,9H,1H2. The van der Waals surface area contributed by atoms with Crippen LogP contribution in [0.25, 0.3) is 12.2 Å². The SMILES string of the molecule is C=Cc1ccccc1O.C=Cc1ccccc1OC(C)OCC. The first-order chi connectivity index (χ1) is 11.1. The van der Waals surface area contributed by atoms with Gasteiger partial charge < -0.3 is 14.6 Å². The Morgan fingerprint density at radius 1 is 1.00 bits per heavy atom. The summed E-state index contributed by atoms with van der Waals surface area (Å²) in [6, 6.07) is 14.8. The number of phenolic OH excluding ortho intramolecular Hbond substituents is 1. The van der Waals surface area contributed by atoms with Crippen LogP contribution < -0.4 is 4.74 Å². The van der Waals surface area contributed by atoms with Crippen LogP contribution in [-0.2, 0) is 4.74 Å². The van der Waals surface area contributed by atoms with E-state index in [2.05, 4.69) is 13.2 Å². The van der Waals surface area contributed by atoms with E-state index < -0.39 is 0 Å². The summed E-state index contributed by atoms with van der Waals surface area (Å²) in [7, 11) is 0. The molecule has 0 aromatic heterocycles. The van der Waals surface area contributed by atoms with E-state index in [-0.39, 0.29) is 12.0 Å².